The van der Waals surface area contributed by atoms with Gasteiger partial charge in [0.15, 0.2) is 5.71 Å². The summed E-state index contributed by atoms with van der Waals surface area (Å²) >= 11 is 0. The molecule has 5 nitrogen and oxygen atoms in total. The largest absolute Gasteiger partial charge is 0.391 e. The van der Waals surface area contributed by atoms with Crippen molar-refractivity contribution in [3.05, 3.63) is 48.6 Å². The minimum absolute atomic E-state index is 0.0896. The summed E-state index contributed by atoms with van der Waals surface area (Å²) < 4.78 is 4.21. The fourth-order valence-corrected chi connectivity index (χ4v) is 1.26. The van der Waals surface area contributed by atoms with Crippen LogP contribution in [0, 0.1) is 0 Å². The molecule has 0 radical (unpaired) electrons. The summed E-state index contributed by atoms with van der Waals surface area (Å²) in [6.45, 7) is 0.0896. The third-order valence-corrected chi connectivity index (χ3v) is 1.97. The topological polar surface area (TPSA) is 59.0 Å². The van der Waals surface area contributed by atoms with Crippen LogP contribution < -0.4 is 0 Å². The van der Waals surface area contributed by atoms with Gasteiger partial charge >= 0.3 is 12.4 Å². The highest BCUT2D eigenvalue weighted by molar-refractivity contribution is 6.42. The summed E-state index contributed by atoms with van der Waals surface area (Å²) in [5.41, 5.74) is 0.0956. The molecule has 0 aromatic carbocycles. The van der Waals surface area contributed by atoms with E-state index in [0.717, 1.165) is 0 Å². The number of nitrogens with zero attached hydrogens (tertiary/aromatic N) is 2. The first-order chi connectivity index (χ1) is 7.81. The molecule has 0 fully saturated rings. The van der Waals surface area contributed by atoms with E-state index in [1.165, 1.54) is 6.08 Å². The SMILES string of the molecule is O=COC(=O)C1=NC2=CC=CC=CN2C=C1. The number of ether oxygens (including phenoxy) is 1. The molecule has 0 aromatic heterocycles. The highest BCUT2D eigenvalue weighted by Crippen LogP contribution is 2.16. The maximum absolute atomic E-state index is 11.2. The molecular formula is C11H8N2O3. The van der Waals surface area contributed by atoms with E-state index in [-0.39, 0.29) is 12.2 Å². The summed E-state index contributed by atoms with van der Waals surface area (Å²) in [6, 6.07) is 0. The van der Waals surface area contributed by atoms with Crippen LogP contribution in [-0.4, -0.2) is 23.1 Å². The lowest BCUT2D eigenvalue weighted by Crippen LogP contribution is -2.21. The molecule has 5 heteroatoms. The van der Waals surface area contributed by atoms with E-state index in [1.807, 2.05) is 12.2 Å². The van der Waals surface area contributed by atoms with Crippen LogP contribution in [0.4, 0.5) is 0 Å². The number of hydrogen-bond acceptors (Lipinski definition) is 5. The smallest absolute Gasteiger partial charge is 0.364 e. The molecule has 0 spiro atoms. The predicted molar refractivity (Wildman–Crippen MR) is 56.9 cm³/mol. The Bertz CT molecular complexity index is 470. The van der Waals surface area contributed by atoms with E-state index in [0.29, 0.717) is 5.82 Å². The van der Waals surface area contributed by atoms with E-state index >= 15 is 0 Å². The van der Waals surface area contributed by atoms with Crippen LogP contribution in [0.5, 0.6) is 0 Å². The van der Waals surface area contributed by atoms with Gasteiger partial charge in [-0.15, -0.1) is 0 Å². The second-order valence-corrected chi connectivity index (χ2v) is 2.97. The number of fused-ring (bicyclic) bond motifs is 1. The third kappa shape index (κ3) is 1.98. The number of carbonyl (C=O) groups excluding carboxylic acids is 2. The van der Waals surface area contributed by atoms with Gasteiger partial charge < -0.3 is 9.64 Å². The molecule has 0 unspecified atom stereocenters. The van der Waals surface area contributed by atoms with E-state index in [4.69, 9.17) is 0 Å². The van der Waals surface area contributed by atoms with Gasteiger partial charge in [-0.3, -0.25) is 4.79 Å². The summed E-state index contributed by atoms with van der Waals surface area (Å²) in [7, 11) is 0. The zero-order chi connectivity index (χ0) is 11.4. The second-order valence-electron chi connectivity index (χ2n) is 2.97. The van der Waals surface area contributed by atoms with Crippen LogP contribution in [0.15, 0.2) is 53.6 Å². The Morgan fingerprint density at radius 1 is 1.31 bits per heavy atom. The zero-order valence-corrected chi connectivity index (χ0v) is 8.24. The molecule has 0 saturated heterocycles. The van der Waals surface area contributed by atoms with Crippen LogP contribution in [0.25, 0.3) is 0 Å². The van der Waals surface area contributed by atoms with Crippen LogP contribution in [0.2, 0.25) is 0 Å². The van der Waals surface area contributed by atoms with Crippen LogP contribution in [0.3, 0.4) is 0 Å². The summed E-state index contributed by atoms with van der Waals surface area (Å²) in [4.78, 5) is 27.1. The van der Waals surface area contributed by atoms with Gasteiger partial charge in [0.1, 0.15) is 5.82 Å². The molecule has 2 aliphatic heterocycles. The van der Waals surface area contributed by atoms with Gasteiger partial charge in [0.05, 0.1) is 0 Å². The Kier molecular flexibility index (Phi) is 2.77. The Hall–Kier alpha value is -2.43. The number of allylic oxidation sites excluding steroid dienone is 4. The molecule has 2 aliphatic rings. The average molecular weight is 216 g/mol. The average Bonchev–Trinajstić information content (AvgIpc) is 2.53. The fraction of sp³-hybridized carbons (Fsp3) is 0. The molecule has 0 atom stereocenters. The first kappa shape index (κ1) is 10.1. The second kappa shape index (κ2) is 4.39. The van der Waals surface area contributed by atoms with E-state index in [1.54, 1.807) is 29.5 Å². The van der Waals surface area contributed by atoms with Gasteiger partial charge in [0, 0.05) is 12.4 Å². The Morgan fingerprint density at radius 2 is 2.19 bits per heavy atom. The molecule has 2 heterocycles. The lowest BCUT2D eigenvalue weighted by Gasteiger charge is -2.18. The zero-order valence-electron chi connectivity index (χ0n) is 8.24. The summed E-state index contributed by atoms with van der Waals surface area (Å²) in [6.07, 6.45) is 12.2. The molecule has 0 aromatic rings. The minimum Gasteiger partial charge on any atom is -0.391 e. The van der Waals surface area contributed by atoms with Gasteiger partial charge in [-0.25, -0.2) is 9.79 Å². The van der Waals surface area contributed by atoms with Crippen LogP contribution in [0.1, 0.15) is 0 Å². The molecule has 0 N–H and O–H groups in total. The van der Waals surface area contributed by atoms with Crippen molar-refractivity contribution in [3.8, 4) is 0 Å². The fourth-order valence-electron chi connectivity index (χ4n) is 1.26. The number of carbonyl (C=O) groups is 2. The van der Waals surface area contributed by atoms with E-state index < -0.39 is 5.97 Å². The van der Waals surface area contributed by atoms with E-state index in [9.17, 15) is 9.59 Å². The third-order valence-electron chi connectivity index (χ3n) is 1.97. The van der Waals surface area contributed by atoms with Gasteiger partial charge in [0.25, 0.3) is 0 Å². The van der Waals surface area contributed by atoms with E-state index in [2.05, 4.69) is 9.73 Å². The van der Waals surface area contributed by atoms with Gasteiger partial charge in [-0.05, 0) is 18.2 Å². The van der Waals surface area contributed by atoms with Crippen molar-refractivity contribution in [2.45, 2.75) is 0 Å². The summed E-state index contributed by atoms with van der Waals surface area (Å²) in [5, 5.41) is 0. The van der Waals surface area contributed by atoms with Gasteiger partial charge in [0.2, 0.25) is 0 Å². The first-order valence-corrected chi connectivity index (χ1v) is 4.56. The van der Waals surface area contributed by atoms with Crippen LogP contribution in [-0.2, 0) is 14.3 Å². The maximum Gasteiger partial charge on any atom is 0.364 e. The first-order valence-electron chi connectivity index (χ1n) is 4.56. The van der Waals surface area contributed by atoms with Crippen molar-refractivity contribution in [3.63, 3.8) is 0 Å². The van der Waals surface area contributed by atoms with Crippen molar-refractivity contribution < 1.29 is 14.3 Å². The molecule has 0 bridgehead atoms. The van der Waals surface area contributed by atoms with Crippen molar-refractivity contribution in [2.24, 2.45) is 4.99 Å². The highest BCUT2D eigenvalue weighted by atomic mass is 16.6. The maximum atomic E-state index is 11.2. The molecule has 0 saturated carbocycles. The quantitative estimate of drug-likeness (QED) is 0.390. The van der Waals surface area contributed by atoms with Gasteiger partial charge in [-0.2, -0.15) is 0 Å². The molecular weight excluding hydrogens is 208 g/mol. The Balaban J connectivity index is 2.26. The molecule has 0 aliphatic carbocycles. The van der Waals surface area contributed by atoms with Gasteiger partial charge in [-0.1, -0.05) is 12.2 Å². The molecule has 16 heavy (non-hydrogen) atoms. The number of aliphatic imine (C=N–C) groups is 1. The van der Waals surface area contributed by atoms with Crippen molar-refractivity contribution in [2.75, 3.05) is 0 Å². The molecule has 0 amide bonds. The standard InChI is InChI=1S/C11H8N2O3/c14-8-16-11(15)9-5-7-13-6-3-1-2-4-10(13)12-9/h1-8H. The normalized spacial score (nSPS) is 17.1. The minimum atomic E-state index is -0.760. The lowest BCUT2D eigenvalue weighted by molar-refractivity contribution is -0.145. The van der Waals surface area contributed by atoms with Crippen molar-refractivity contribution >= 4 is 18.2 Å². The predicted octanol–water partition coefficient (Wildman–Crippen LogP) is 0.881. The molecule has 2 rings (SSSR count). The van der Waals surface area contributed by atoms with Crippen molar-refractivity contribution in [1.29, 1.82) is 0 Å². The number of rotatable bonds is 2. The number of esters is 1. The molecule has 80 valence electrons. The monoisotopic (exact) mass is 216 g/mol. The Labute approximate surface area is 91.7 Å². The summed E-state index contributed by atoms with van der Waals surface area (Å²) in [5.74, 6) is -0.172. The number of hydrogen-bond donors (Lipinski definition) is 0. The van der Waals surface area contributed by atoms with Crippen molar-refractivity contribution in [1.82, 2.24) is 4.90 Å². The Morgan fingerprint density at radius 3 is 3.00 bits per heavy atom. The lowest BCUT2D eigenvalue weighted by atomic mass is 10.3. The highest BCUT2D eigenvalue weighted by Gasteiger charge is 2.16. The van der Waals surface area contributed by atoms with Crippen LogP contribution >= 0.6 is 0 Å².